The Balaban J connectivity index is 2.54. The highest BCUT2D eigenvalue weighted by Gasteiger charge is 2.38. The number of fused-ring (bicyclic) bond motifs is 1. The molecule has 0 fully saturated rings. The number of primary amides is 1. The first-order valence-electron chi connectivity index (χ1n) is 5.94. The molecule has 0 bridgehead atoms. The van der Waals surface area contributed by atoms with E-state index in [2.05, 4.69) is 19.9 Å². The van der Waals surface area contributed by atoms with Crippen molar-refractivity contribution in [3.05, 3.63) is 28.3 Å². The summed E-state index contributed by atoms with van der Waals surface area (Å²) in [6, 6.07) is 2.17. The molecule has 3 nitrogen and oxygen atoms in total. The molecule has 1 aliphatic heterocycles. The summed E-state index contributed by atoms with van der Waals surface area (Å²) in [7, 11) is 0. The summed E-state index contributed by atoms with van der Waals surface area (Å²) >= 11 is 0. The van der Waals surface area contributed by atoms with Gasteiger partial charge in [0.1, 0.15) is 5.75 Å². The second-order valence-electron chi connectivity index (χ2n) is 5.14. The predicted molar refractivity (Wildman–Crippen MR) is 67.2 cm³/mol. The number of benzene rings is 1. The zero-order chi connectivity index (χ0) is 12.8. The maximum atomic E-state index is 11.5. The Kier molecular flexibility index (Phi) is 2.64. The van der Waals surface area contributed by atoms with E-state index in [-0.39, 0.29) is 5.91 Å². The van der Waals surface area contributed by atoms with Crippen molar-refractivity contribution < 1.29 is 9.53 Å². The summed E-state index contributed by atoms with van der Waals surface area (Å²) in [5, 5.41) is 0. The largest absolute Gasteiger partial charge is 0.477 e. The lowest BCUT2D eigenvalue weighted by Gasteiger charge is -2.35. The molecule has 0 radical (unpaired) electrons. The third-order valence-corrected chi connectivity index (χ3v) is 3.82. The van der Waals surface area contributed by atoms with Gasteiger partial charge in [0, 0.05) is 6.42 Å². The molecule has 1 atom stereocenters. The number of nitrogens with two attached hydrogens (primary N) is 1. The zero-order valence-corrected chi connectivity index (χ0v) is 10.9. The average Bonchev–Trinajstić information content (AvgIpc) is 2.25. The first-order valence-corrected chi connectivity index (χ1v) is 5.94. The molecule has 2 N–H and O–H groups in total. The van der Waals surface area contributed by atoms with Crippen LogP contribution in [0.3, 0.4) is 0 Å². The van der Waals surface area contributed by atoms with Crippen molar-refractivity contribution in [2.24, 2.45) is 5.73 Å². The SMILES string of the molecule is Cc1cc(C)c2c(c1C)OC(C)(C(N)=O)CC2. The number of ether oxygens (including phenoxy) is 1. The highest BCUT2D eigenvalue weighted by Crippen LogP contribution is 2.38. The Bertz CT molecular complexity index is 493. The Morgan fingerprint density at radius 1 is 1.35 bits per heavy atom. The van der Waals surface area contributed by atoms with Crippen LogP contribution >= 0.6 is 0 Å². The van der Waals surface area contributed by atoms with E-state index in [0.717, 1.165) is 17.7 Å². The number of rotatable bonds is 1. The minimum atomic E-state index is -0.863. The van der Waals surface area contributed by atoms with Gasteiger partial charge in [-0.05, 0) is 56.4 Å². The zero-order valence-electron chi connectivity index (χ0n) is 10.9. The molecular formula is C14H19NO2. The van der Waals surface area contributed by atoms with Crippen molar-refractivity contribution in [2.75, 3.05) is 0 Å². The quantitative estimate of drug-likeness (QED) is 0.808. The van der Waals surface area contributed by atoms with E-state index in [1.165, 1.54) is 16.7 Å². The molecule has 1 aliphatic rings. The molecule has 0 aliphatic carbocycles. The summed E-state index contributed by atoms with van der Waals surface area (Å²) in [4.78, 5) is 11.5. The van der Waals surface area contributed by atoms with Gasteiger partial charge in [0.05, 0.1) is 0 Å². The molecule has 0 saturated heterocycles. The van der Waals surface area contributed by atoms with E-state index in [1.54, 1.807) is 6.92 Å². The van der Waals surface area contributed by atoms with Crippen molar-refractivity contribution in [3.63, 3.8) is 0 Å². The minimum Gasteiger partial charge on any atom is -0.477 e. The van der Waals surface area contributed by atoms with Gasteiger partial charge in [-0.2, -0.15) is 0 Å². The highest BCUT2D eigenvalue weighted by molar-refractivity contribution is 5.84. The van der Waals surface area contributed by atoms with Crippen LogP contribution in [0, 0.1) is 20.8 Å². The molecule has 1 heterocycles. The fraction of sp³-hybridized carbons (Fsp3) is 0.500. The first kappa shape index (κ1) is 12.0. The molecule has 0 saturated carbocycles. The standard InChI is InChI=1S/C14H19NO2/c1-8-7-9(2)11-5-6-14(4,13(15)16)17-12(11)10(8)3/h7H,5-6H2,1-4H3,(H2,15,16). The molecule has 0 aromatic heterocycles. The molecule has 92 valence electrons. The Labute approximate surface area is 102 Å². The van der Waals surface area contributed by atoms with Crippen LogP contribution in [-0.2, 0) is 11.2 Å². The molecular weight excluding hydrogens is 214 g/mol. The number of amides is 1. The van der Waals surface area contributed by atoms with Crippen molar-refractivity contribution in [1.29, 1.82) is 0 Å². The van der Waals surface area contributed by atoms with Gasteiger partial charge < -0.3 is 10.5 Å². The van der Waals surface area contributed by atoms with Gasteiger partial charge in [-0.25, -0.2) is 0 Å². The van der Waals surface area contributed by atoms with Gasteiger partial charge in [-0.1, -0.05) is 6.07 Å². The van der Waals surface area contributed by atoms with Gasteiger partial charge in [0.15, 0.2) is 5.60 Å². The fourth-order valence-corrected chi connectivity index (χ4v) is 2.37. The maximum absolute atomic E-state index is 11.5. The van der Waals surface area contributed by atoms with E-state index in [0.29, 0.717) is 6.42 Å². The molecule has 0 spiro atoms. The number of carbonyl (C=O) groups is 1. The lowest BCUT2D eigenvalue weighted by atomic mass is 9.87. The lowest BCUT2D eigenvalue weighted by molar-refractivity contribution is -0.133. The summed E-state index contributed by atoms with van der Waals surface area (Å²) in [5.74, 6) is 0.469. The molecule has 1 aromatic carbocycles. The average molecular weight is 233 g/mol. The van der Waals surface area contributed by atoms with Gasteiger partial charge in [0.2, 0.25) is 0 Å². The topological polar surface area (TPSA) is 52.3 Å². The highest BCUT2D eigenvalue weighted by atomic mass is 16.5. The fourth-order valence-electron chi connectivity index (χ4n) is 2.37. The van der Waals surface area contributed by atoms with E-state index >= 15 is 0 Å². The Hall–Kier alpha value is -1.51. The number of hydrogen-bond acceptors (Lipinski definition) is 2. The van der Waals surface area contributed by atoms with Crippen molar-refractivity contribution in [1.82, 2.24) is 0 Å². The third kappa shape index (κ3) is 1.79. The molecule has 1 amide bonds. The second kappa shape index (κ2) is 3.76. The molecule has 1 unspecified atom stereocenters. The summed E-state index contributed by atoms with van der Waals surface area (Å²) in [6.07, 6.45) is 1.50. The normalized spacial score (nSPS) is 22.8. The van der Waals surface area contributed by atoms with Crippen LogP contribution < -0.4 is 10.5 Å². The monoisotopic (exact) mass is 233 g/mol. The van der Waals surface area contributed by atoms with Crippen molar-refractivity contribution in [3.8, 4) is 5.75 Å². The Morgan fingerprint density at radius 2 is 2.00 bits per heavy atom. The van der Waals surface area contributed by atoms with Gasteiger partial charge in [0.25, 0.3) is 5.91 Å². The summed E-state index contributed by atoms with van der Waals surface area (Å²) in [5.41, 5.74) is 9.30. The van der Waals surface area contributed by atoms with Crippen LogP contribution in [0.25, 0.3) is 0 Å². The van der Waals surface area contributed by atoms with Crippen LogP contribution in [0.5, 0.6) is 5.75 Å². The van der Waals surface area contributed by atoms with E-state index in [4.69, 9.17) is 10.5 Å². The van der Waals surface area contributed by atoms with Crippen LogP contribution in [0.15, 0.2) is 6.07 Å². The Morgan fingerprint density at radius 3 is 2.59 bits per heavy atom. The van der Waals surface area contributed by atoms with E-state index < -0.39 is 5.60 Å². The van der Waals surface area contributed by atoms with Crippen LogP contribution in [-0.4, -0.2) is 11.5 Å². The van der Waals surface area contributed by atoms with Crippen LogP contribution in [0.1, 0.15) is 35.6 Å². The molecule has 1 aromatic rings. The lowest BCUT2D eigenvalue weighted by Crippen LogP contribution is -2.48. The minimum absolute atomic E-state index is 0.387. The van der Waals surface area contributed by atoms with Gasteiger partial charge in [-0.3, -0.25) is 4.79 Å². The first-order chi connectivity index (χ1) is 7.85. The van der Waals surface area contributed by atoms with Crippen molar-refractivity contribution >= 4 is 5.91 Å². The number of hydrogen-bond donors (Lipinski definition) is 1. The number of aryl methyl sites for hydroxylation is 2. The molecule has 17 heavy (non-hydrogen) atoms. The molecule has 3 heteroatoms. The van der Waals surface area contributed by atoms with Gasteiger partial charge >= 0.3 is 0 Å². The molecule has 2 rings (SSSR count). The van der Waals surface area contributed by atoms with Crippen LogP contribution in [0.4, 0.5) is 0 Å². The smallest absolute Gasteiger partial charge is 0.261 e. The number of carbonyl (C=O) groups excluding carboxylic acids is 1. The summed E-state index contributed by atoms with van der Waals surface area (Å²) < 4.78 is 5.90. The predicted octanol–water partition coefficient (Wildman–Crippen LogP) is 2.18. The van der Waals surface area contributed by atoms with E-state index in [9.17, 15) is 4.79 Å². The third-order valence-electron chi connectivity index (χ3n) is 3.82. The van der Waals surface area contributed by atoms with Crippen molar-refractivity contribution in [2.45, 2.75) is 46.1 Å². The maximum Gasteiger partial charge on any atom is 0.261 e. The van der Waals surface area contributed by atoms with Crippen LogP contribution in [0.2, 0.25) is 0 Å². The second-order valence-corrected chi connectivity index (χ2v) is 5.14. The summed E-state index contributed by atoms with van der Waals surface area (Å²) in [6.45, 7) is 7.94. The van der Waals surface area contributed by atoms with E-state index in [1.807, 2.05) is 6.92 Å². The van der Waals surface area contributed by atoms with Gasteiger partial charge in [-0.15, -0.1) is 0 Å².